The average Bonchev–Trinajstić information content (AvgIpc) is 3.25. The lowest BCUT2D eigenvalue weighted by Crippen LogP contribution is -2.47. The van der Waals surface area contributed by atoms with Crippen molar-refractivity contribution in [3.05, 3.63) is 53.8 Å². The number of likely N-dealkylation sites (N-methyl/N-ethyl adjacent to an activating group) is 1. The van der Waals surface area contributed by atoms with E-state index in [1.54, 1.807) is 6.92 Å². The Hall–Kier alpha value is -2.90. The molecule has 0 unspecified atom stereocenters. The largest absolute Gasteiger partial charge is 0.462 e. The first-order chi connectivity index (χ1) is 16.3. The van der Waals surface area contributed by atoms with Crippen LogP contribution in [0, 0.1) is 5.92 Å². The fourth-order valence-electron chi connectivity index (χ4n) is 4.73. The molecule has 7 nitrogen and oxygen atoms in total. The van der Waals surface area contributed by atoms with Crippen molar-refractivity contribution < 1.29 is 19.4 Å². The summed E-state index contributed by atoms with van der Waals surface area (Å²) in [6, 6.07) is 6.82. The van der Waals surface area contributed by atoms with Crippen LogP contribution in [0.3, 0.4) is 0 Å². The molecule has 2 aliphatic rings. The maximum atomic E-state index is 12.9. The van der Waals surface area contributed by atoms with Crippen molar-refractivity contribution in [2.75, 3.05) is 39.9 Å². The van der Waals surface area contributed by atoms with E-state index in [4.69, 9.17) is 5.11 Å². The fraction of sp³-hybridized carbons (Fsp3) is 0.481. The summed E-state index contributed by atoms with van der Waals surface area (Å²) in [6.45, 7) is 11.8. The predicted molar refractivity (Wildman–Crippen MR) is 135 cm³/mol. The van der Waals surface area contributed by atoms with Gasteiger partial charge in [0.2, 0.25) is 5.91 Å². The van der Waals surface area contributed by atoms with Crippen LogP contribution in [0.25, 0.3) is 16.5 Å². The van der Waals surface area contributed by atoms with Crippen LogP contribution in [-0.4, -0.2) is 77.7 Å². The molecule has 2 atom stereocenters. The Labute approximate surface area is 202 Å². The number of benzene rings is 1. The van der Waals surface area contributed by atoms with Crippen LogP contribution in [0.2, 0.25) is 0 Å². The maximum absolute atomic E-state index is 12.9. The number of H-pyrrole nitrogens is 1. The number of nitrogens with zero attached hydrogens (tertiary/aromatic N) is 2. The van der Waals surface area contributed by atoms with Crippen LogP contribution < -0.4 is 0 Å². The zero-order chi connectivity index (χ0) is 24.8. The highest BCUT2D eigenvalue weighted by Gasteiger charge is 2.36. The van der Waals surface area contributed by atoms with Crippen LogP contribution in [-0.2, 0) is 20.7 Å². The number of nitrogens with one attached hydrogen (secondary N) is 1. The lowest BCUT2D eigenvalue weighted by Gasteiger charge is -2.40. The van der Waals surface area contributed by atoms with Crippen LogP contribution in [0.4, 0.5) is 0 Å². The Morgan fingerprint density at radius 3 is 2.68 bits per heavy atom. The summed E-state index contributed by atoms with van der Waals surface area (Å²) in [5.41, 5.74) is 5.60. The molecule has 0 saturated heterocycles. The lowest BCUT2D eigenvalue weighted by atomic mass is 9.79. The van der Waals surface area contributed by atoms with E-state index in [2.05, 4.69) is 72.6 Å². The Bertz CT molecular complexity index is 1070. The number of aliphatic hydroxyl groups is 1. The van der Waals surface area contributed by atoms with E-state index >= 15 is 0 Å². The molecular weight excluding hydrogens is 430 g/mol. The number of amides is 1. The van der Waals surface area contributed by atoms with Gasteiger partial charge in [0.15, 0.2) is 0 Å². The second-order valence-corrected chi connectivity index (χ2v) is 8.93. The number of hydrogen-bond donors (Lipinski definition) is 2. The van der Waals surface area contributed by atoms with Crippen molar-refractivity contribution in [3.8, 4) is 0 Å². The van der Waals surface area contributed by atoms with Crippen molar-refractivity contribution in [1.29, 1.82) is 0 Å². The molecule has 2 aromatic rings. The number of aromatic amines is 1. The third-order valence-electron chi connectivity index (χ3n) is 6.54. The van der Waals surface area contributed by atoms with Gasteiger partial charge >= 0.3 is 5.97 Å². The molecular formula is C27H37N3O4. The van der Waals surface area contributed by atoms with Crippen molar-refractivity contribution in [2.45, 2.75) is 39.7 Å². The molecule has 0 bridgehead atoms. The summed E-state index contributed by atoms with van der Waals surface area (Å²) in [5.74, 6) is -0.185. The molecule has 1 aromatic carbocycles. The van der Waals surface area contributed by atoms with E-state index in [-0.39, 0.29) is 25.0 Å². The van der Waals surface area contributed by atoms with Crippen LogP contribution in [0.5, 0.6) is 0 Å². The summed E-state index contributed by atoms with van der Waals surface area (Å²) in [4.78, 5) is 31.2. The van der Waals surface area contributed by atoms with Gasteiger partial charge in [-0.1, -0.05) is 24.8 Å². The van der Waals surface area contributed by atoms with Crippen molar-refractivity contribution >= 4 is 28.4 Å². The monoisotopic (exact) mass is 467 g/mol. The van der Waals surface area contributed by atoms with Gasteiger partial charge in [-0.3, -0.25) is 9.69 Å². The van der Waals surface area contributed by atoms with E-state index in [1.165, 1.54) is 27.6 Å². The predicted octanol–water partition coefficient (Wildman–Crippen LogP) is 3.39. The Morgan fingerprint density at radius 1 is 1.29 bits per heavy atom. The first-order valence-corrected chi connectivity index (χ1v) is 12.1. The first kappa shape index (κ1) is 25.7. The third-order valence-corrected chi connectivity index (χ3v) is 6.54. The Morgan fingerprint density at radius 2 is 2.03 bits per heavy atom. The summed E-state index contributed by atoms with van der Waals surface area (Å²) < 4.78 is 4.65. The van der Waals surface area contributed by atoms with Crippen molar-refractivity contribution in [2.24, 2.45) is 5.92 Å². The van der Waals surface area contributed by atoms with E-state index in [1.807, 2.05) is 4.90 Å². The second kappa shape index (κ2) is 11.5. The van der Waals surface area contributed by atoms with E-state index in [0.717, 1.165) is 26.1 Å². The zero-order valence-corrected chi connectivity index (χ0v) is 20.8. The van der Waals surface area contributed by atoms with Gasteiger partial charge in [-0.2, -0.15) is 0 Å². The van der Waals surface area contributed by atoms with Gasteiger partial charge in [0.1, 0.15) is 0 Å². The average molecular weight is 468 g/mol. The first-order valence-electron chi connectivity index (χ1n) is 12.1. The highest BCUT2D eigenvalue weighted by atomic mass is 16.5. The number of aromatic nitrogens is 1. The normalized spacial score (nSPS) is 18.9. The van der Waals surface area contributed by atoms with E-state index in [9.17, 15) is 9.59 Å². The maximum Gasteiger partial charge on any atom is 0.333 e. The van der Waals surface area contributed by atoms with E-state index in [0.29, 0.717) is 18.0 Å². The molecule has 1 aliphatic carbocycles. The number of hydrogen-bond acceptors (Lipinski definition) is 5. The number of aliphatic hydroxyl groups excluding tert-OH is 1. The van der Waals surface area contributed by atoms with Crippen molar-refractivity contribution in [3.63, 3.8) is 0 Å². The lowest BCUT2D eigenvalue weighted by molar-refractivity contribution is -0.139. The molecule has 0 radical (unpaired) electrons. The second-order valence-electron chi connectivity index (χ2n) is 8.93. The Kier molecular flexibility index (Phi) is 8.69. The molecule has 4 rings (SSSR count). The number of carbonyl (C=O) groups excluding carboxylic acids is 2. The summed E-state index contributed by atoms with van der Waals surface area (Å²) in [7, 11) is 2.15. The molecule has 1 amide bonds. The highest BCUT2D eigenvalue weighted by molar-refractivity contribution is 5.99. The topological polar surface area (TPSA) is 85.9 Å². The molecule has 2 heterocycles. The molecule has 0 saturated carbocycles. The van der Waals surface area contributed by atoms with Crippen molar-refractivity contribution in [1.82, 2.24) is 14.8 Å². The van der Waals surface area contributed by atoms with Gasteiger partial charge in [0.05, 0.1) is 12.5 Å². The summed E-state index contributed by atoms with van der Waals surface area (Å²) in [6.07, 6.45) is 5.90. The van der Waals surface area contributed by atoms with Gasteiger partial charge in [0, 0.05) is 61.4 Å². The minimum atomic E-state index is -0.395. The molecule has 1 aliphatic heterocycles. The molecule has 184 valence electrons. The minimum absolute atomic E-state index is 0.0445. The van der Waals surface area contributed by atoms with Crippen LogP contribution in [0.1, 0.15) is 38.3 Å². The van der Waals surface area contributed by atoms with Gasteiger partial charge in [-0.05, 0) is 57.0 Å². The number of esters is 1. The molecule has 34 heavy (non-hydrogen) atoms. The van der Waals surface area contributed by atoms with Crippen LogP contribution >= 0.6 is 0 Å². The number of ether oxygens (including phenoxy) is 1. The third kappa shape index (κ3) is 5.42. The summed E-state index contributed by atoms with van der Waals surface area (Å²) >= 11 is 0. The number of carbonyl (C=O) groups is 2. The van der Waals surface area contributed by atoms with Gasteiger partial charge in [0.25, 0.3) is 0 Å². The van der Waals surface area contributed by atoms with Gasteiger partial charge < -0.3 is 19.7 Å². The molecule has 7 heteroatoms. The quantitative estimate of drug-likeness (QED) is 0.370. The molecule has 0 spiro atoms. The fourth-order valence-corrected chi connectivity index (χ4v) is 4.73. The molecule has 0 fully saturated rings. The smallest absolute Gasteiger partial charge is 0.333 e. The van der Waals surface area contributed by atoms with Crippen LogP contribution in [0.15, 0.2) is 42.6 Å². The number of fused-ring (bicyclic) bond motifs is 2. The van der Waals surface area contributed by atoms with Gasteiger partial charge in [-0.25, -0.2) is 4.79 Å². The van der Waals surface area contributed by atoms with E-state index < -0.39 is 5.97 Å². The zero-order valence-electron chi connectivity index (χ0n) is 20.8. The SMILES string of the molecule is C=C(C)C(=O)OCCCO.CCN(CC)C(=O)[C@@H]1C=C2c3cccc4[nH]cc(c34)C[C@H]2N(C)C1. The summed E-state index contributed by atoms with van der Waals surface area (Å²) in [5, 5.41) is 9.64. The minimum Gasteiger partial charge on any atom is -0.462 e. The highest BCUT2D eigenvalue weighted by Crippen LogP contribution is 2.40. The Balaban J connectivity index is 0.000000277. The standard InChI is InChI=1S/C20H25N3O.C7H12O3/c1-4-23(5-2)20(24)14-9-16-15-7-6-8-17-19(15)13(11-21-17)10-18(16)22(3)12-14;1-6(2)7(9)10-5-3-4-8/h6-9,11,14,18,21H,4-5,10,12H2,1-3H3;8H,1,3-5H2,2H3/t14-,18-;/m1./s1. The molecule has 2 N–H and O–H groups in total. The number of rotatable bonds is 7. The van der Waals surface area contributed by atoms with Gasteiger partial charge in [-0.15, -0.1) is 0 Å². The molecule has 1 aromatic heterocycles.